The summed E-state index contributed by atoms with van der Waals surface area (Å²) < 4.78 is 5.47. The van der Waals surface area contributed by atoms with E-state index in [4.69, 9.17) is 4.42 Å². The van der Waals surface area contributed by atoms with Gasteiger partial charge in [0.1, 0.15) is 11.3 Å². The van der Waals surface area contributed by atoms with Crippen LogP contribution in [-0.2, 0) is 0 Å². The van der Waals surface area contributed by atoms with Crippen LogP contribution in [0.2, 0.25) is 0 Å². The van der Waals surface area contributed by atoms with Crippen molar-refractivity contribution in [3.8, 4) is 0 Å². The van der Waals surface area contributed by atoms with Gasteiger partial charge in [0.2, 0.25) is 5.78 Å². The third kappa shape index (κ3) is 1.69. The van der Waals surface area contributed by atoms with Gasteiger partial charge in [0.25, 0.3) is 0 Å². The molecule has 4 nitrogen and oxygen atoms in total. The second kappa shape index (κ2) is 3.83. The third-order valence-corrected chi connectivity index (χ3v) is 2.45. The summed E-state index contributed by atoms with van der Waals surface area (Å²) in [4.78, 5) is 19.8. The van der Waals surface area contributed by atoms with Crippen LogP contribution in [0.4, 0.5) is 0 Å². The number of rotatable bonds is 2. The number of hydrogen-bond donors (Lipinski definition) is 0. The van der Waals surface area contributed by atoms with E-state index in [2.05, 4.69) is 9.97 Å². The molecule has 0 aliphatic heterocycles. The van der Waals surface area contributed by atoms with Crippen molar-refractivity contribution in [3.05, 3.63) is 60.4 Å². The van der Waals surface area contributed by atoms with Crippen LogP contribution in [-0.4, -0.2) is 15.8 Å². The maximum atomic E-state index is 12.0. The van der Waals surface area contributed by atoms with E-state index in [1.54, 1.807) is 6.07 Å². The second-order valence-electron chi connectivity index (χ2n) is 3.57. The Hall–Kier alpha value is -2.49. The lowest BCUT2D eigenvalue weighted by Crippen LogP contribution is -2.02. The number of para-hydroxylation sites is 1. The van der Waals surface area contributed by atoms with Crippen molar-refractivity contribution in [2.24, 2.45) is 0 Å². The highest BCUT2D eigenvalue weighted by atomic mass is 16.3. The predicted molar refractivity (Wildman–Crippen MR) is 61.7 cm³/mol. The lowest BCUT2D eigenvalue weighted by Gasteiger charge is -1.93. The molecule has 82 valence electrons. The van der Waals surface area contributed by atoms with Gasteiger partial charge in [-0.05, 0) is 12.1 Å². The lowest BCUT2D eigenvalue weighted by molar-refractivity contribution is 0.101. The molecule has 0 bridgehead atoms. The van der Waals surface area contributed by atoms with Crippen molar-refractivity contribution >= 4 is 16.8 Å². The Morgan fingerprint density at radius 3 is 2.82 bits per heavy atom. The van der Waals surface area contributed by atoms with E-state index >= 15 is 0 Å². The number of fused-ring (bicyclic) bond motifs is 1. The third-order valence-electron chi connectivity index (χ3n) is 2.45. The quantitative estimate of drug-likeness (QED) is 0.627. The van der Waals surface area contributed by atoms with E-state index in [9.17, 15) is 4.79 Å². The van der Waals surface area contributed by atoms with Crippen molar-refractivity contribution in [1.82, 2.24) is 9.97 Å². The summed E-state index contributed by atoms with van der Waals surface area (Å²) >= 11 is 0. The number of ketones is 1. The van der Waals surface area contributed by atoms with Gasteiger partial charge >= 0.3 is 0 Å². The van der Waals surface area contributed by atoms with Gasteiger partial charge in [-0.3, -0.25) is 9.78 Å². The topological polar surface area (TPSA) is 56.0 Å². The Morgan fingerprint density at radius 2 is 2.06 bits per heavy atom. The molecular formula is C13H8N2O2. The summed E-state index contributed by atoms with van der Waals surface area (Å²) in [5, 5.41) is 0.903. The molecule has 0 fully saturated rings. The van der Waals surface area contributed by atoms with Crippen LogP contribution in [0, 0.1) is 0 Å². The standard InChI is InChI=1S/C13H8N2O2/c16-13(10-8-14-5-6-15-10)12-7-9-3-1-2-4-11(9)17-12/h1-8H. The molecule has 4 heteroatoms. The van der Waals surface area contributed by atoms with Gasteiger partial charge in [-0.1, -0.05) is 18.2 Å². The largest absolute Gasteiger partial charge is 0.453 e. The molecule has 0 atom stereocenters. The molecule has 0 amide bonds. The highest BCUT2D eigenvalue weighted by Gasteiger charge is 2.15. The summed E-state index contributed by atoms with van der Waals surface area (Å²) in [5.74, 6) is 0.0287. The number of benzene rings is 1. The number of aromatic nitrogens is 2. The van der Waals surface area contributed by atoms with Crippen molar-refractivity contribution in [2.75, 3.05) is 0 Å². The molecule has 0 radical (unpaired) electrons. The summed E-state index contributed by atoms with van der Waals surface area (Å²) in [5.41, 5.74) is 0.978. The highest BCUT2D eigenvalue weighted by molar-refractivity contribution is 6.07. The Morgan fingerprint density at radius 1 is 1.18 bits per heavy atom. The summed E-state index contributed by atoms with van der Waals surface area (Å²) in [6.45, 7) is 0. The van der Waals surface area contributed by atoms with Gasteiger partial charge in [0, 0.05) is 17.8 Å². The molecule has 0 saturated heterocycles. The minimum Gasteiger partial charge on any atom is -0.453 e. The first kappa shape index (κ1) is 9.72. The normalized spacial score (nSPS) is 10.6. The lowest BCUT2D eigenvalue weighted by atomic mass is 10.2. The minimum absolute atomic E-state index is 0.255. The Bertz CT molecular complexity index is 641. The molecular weight excluding hydrogens is 216 g/mol. The SMILES string of the molecule is O=C(c1cnccn1)c1cc2ccccc2o1. The fraction of sp³-hybridized carbons (Fsp3) is 0. The van der Waals surface area contributed by atoms with Crippen molar-refractivity contribution < 1.29 is 9.21 Å². The van der Waals surface area contributed by atoms with E-state index in [1.807, 2.05) is 24.3 Å². The second-order valence-corrected chi connectivity index (χ2v) is 3.57. The minimum atomic E-state index is -0.255. The maximum Gasteiger partial charge on any atom is 0.248 e. The first-order valence-corrected chi connectivity index (χ1v) is 5.14. The van der Waals surface area contributed by atoms with Gasteiger partial charge < -0.3 is 4.42 Å². The first-order chi connectivity index (χ1) is 8.34. The van der Waals surface area contributed by atoms with E-state index < -0.39 is 0 Å². The van der Waals surface area contributed by atoms with Crippen LogP contribution in [0.15, 0.2) is 53.3 Å². The van der Waals surface area contributed by atoms with Crippen molar-refractivity contribution in [2.45, 2.75) is 0 Å². The van der Waals surface area contributed by atoms with E-state index in [1.165, 1.54) is 18.6 Å². The Balaban J connectivity index is 2.07. The number of nitrogens with zero attached hydrogens (tertiary/aromatic N) is 2. The van der Waals surface area contributed by atoms with Gasteiger partial charge in [0.15, 0.2) is 5.76 Å². The molecule has 1 aromatic carbocycles. The van der Waals surface area contributed by atoms with Crippen LogP contribution in [0.5, 0.6) is 0 Å². The average molecular weight is 224 g/mol. The first-order valence-electron chi connectivity index (χ1n) is 5.14. The van der Waals surface area contributed by atoms with Crippen LogP contribution >= 0.6 is 0 Å². The number of carbonyl (C=O) groups excluding carboxylic acids is 1. The molecule has 2 aromatic heterocycles. The molecule has 3 aromatic rings. The number of hydrogen-bond acceptors (Lipinski definition) is 4. The Labute approximate surface area is 96.9 Å². The summed E-state index contributed by atoms with van der Waals surface area (Å²) in [6, 6.07) is 9.19. The summed E-state index contributed by atoms with van der Waals surface area (Å²) in [6.07, 6.45) is 4.43. The highest BCUT2D eigenvalue weighted by Crippen LogP contribution is 2.20. The van der Waals surface area contributed by atoms with Crippen LogP contribution in [0.1, 0.15) is 16.2 Å². The maximum absolute atomic E-state index is 12.0. The van der Waals surface area contributed by atoms with Crippen molar-refractivity contribution in [3.63, 3.8) is 0 Å². The Kier molecular flexibility index (Phi) is 2.19. The fourth-order valence-electron chi connectivity index (χ4n) is 1.64. The zero-order chi connectivity index (χ0) is 11.7. The van der Waals surface area contributed by atoms with Crippen LogP contribution < -0.4 is 0 Å². The molecule has 0 aliphatic carbocycles. The smallest absolute Gasteiger partial charge is 0.248 e. The molecule has 0 aliphatic rings. The fourth-order valence-corrected chi connectivity index (χ4v) is 1.64. The van der Waals surface area contributed by atoms with E-state index in [0.717, 1.165) is 5.39 Å². The summed E-state index contributed by atoms with van der Waals surface area (Å²) in [7, 11) is 0. The van der Waals surface area contributed by atoms with Gasteiger partial charge in [-0.15, -0.1) is 0 Å². The predicted octanol–water partition coefficient (Wildman–Crippen LogP) is 2.45. The van der Waals surface area contributed by atoms with E-state index in [-0.39, 0.29) is 17.2 Å². The molecule has 17 heavy (non-hydrogen) atoms. The van der Waals surface area contributed by atoms with Crippen molar-refractivity contribution in [1.29, 1.82) is 0 Å². The van der Waals surface area contributed by atoms with Crippen LogP contribution in [0.25, 0.3) is 11.0 Å². The zero-order valence-corrected chi connectivity index (χ0v) is 8.83. The molecule has 0 unspecified atom stereocenters. The number of carbonyl (C=O) groups is 1. The molecule has 2 heterocycles. The average Bonchev–Trinajstić information content (AvgIpc) is 2.82. The monoisotopic (exact) mass is 224 g/mol. The van der Waals surface area contributed by atoms with Crippen LogP contribution in [0.3, 0.4) is 0 Å². The van der Waals surface area contributed by atoms with Gasteiger partial charge in [0.05, 0.1) is 6.20 Å². The van der Waals surface area contributed by atoms with Gasteiger partial charge in [-0.2, -0.15) is 0 Å². The zero-order valence-electron chi connectivity index (χ0n) is 8.83. The molecule has 3 rings (SSSR count). The molecule has 0 N–H and O–H groups in total. The molecule has 0 saturated carbocycles. The molecule has 0 spiro atoms. The van der Waals surface area contributed by atoms with Gasteiger partial charge in [-0.25, -0.2) is 4.98 Å². The number of furan rings is 1. The van der Waals surface area contributed by atoms with E-state index in [0.29, 0.717) is 5.58 Å².